The highest BCUT2D eigenvalue weighted by Crippen LogP contribution is 2.32. The Hall–Kier alpha value is -2.98. The van der Waals surface area contributed by atoms with Crippen molar-refractivity contribution in [2.45, 2.75) is 45.8 Å². The van der Waals surface area contributed by atoms with E-state index in [1.807, 2.05) is 13.8 Å². The predicted octanol–water partition coefficient (Wildman–Crippen LogP) is 3.46. The summed E-state index contributed by atoms with van der Waals surface area (Å²) in [5.74, 6) is -0.161. The van der Waals surface area contributed by atoms with Crippen LogP contribution in [0.3, 0.4) is 0 Å². The number of ether oxygens (including phenoxy) is 2. The van der Waals surface area contributed by atoms with Crippen LogP contribution in [0.1, 0.15) is 32.8 Å². The number of carbonyl (C=O) groups excluding carboxylic acids is 2. The summed E-state index contributed by atoms with van der Waals surface area (Å²) in [5, 5.41) is 3.37. The topological polar surface area (TPSA) is 105 Å². The van der Waals surface area contributed by atoms with E-state index in [0.29, 0.717) is 22.1 Å². The molecule has 9 nitrogen and oxygen atoms in total. The molecular formula is C25H34ClN3O6S. The Kier molecular flexibility index (Phi) is 10.4. The van der Waals surface area contributed by atoms with Crippen LogP contribution in [0.15, 0.2) is 42.5 Å². The molecular weight excluding hydrogens is 506 g/mol. The van der Waals surface area contributed by atoms with Crippen LogP contribution in [0.4, 0.5) is 5.69 Å². The maximum atomic E-state index is 13.6. The van der Waals surface area contributed by atoms with Gasteiger partial charge in [-0.15, -0.1) is 0 Å². The van der Waals surface area contributed by atoms with Crippen LogP contribution >= 0.6 is 11.6 Å². The zero-order chi connectivity index (χ0) is 27.0. The maximum absolute atomic E-state index is 13.6. The standard InChI is InChI=1S/C25H34ClN3O6S/c1-7-17(2)27-25(31)18(3)28(15-19-9-8-10-20(26)13-19)24(30)16-29(36(6,32)33)21-11-12-22(34-4)23(14-21)35-5/h8-14,17-18H,7,15-16H2,1-6H3,(H,27,31). The average Bonchev–Trinajstić information content (AvgIpc) is 2.83. The number of nitrogens with one attached hydrogen (secondary N) is 1. The number of nitrogens with zero attached hydrogens (tertiary/aromatic N) is 2. The van der Waals surface area contributed by atoms with E-state index >= 15 is 0 Å². The molecule has 0 spiro atoms. The van der Waals surface area contributed by atoms with Gasteiger partial charge < -0.3 is 19.7 Å². The lowest BCUT2D eigenvalue weighted by molar-refractivity contribution is -0.139. The van der Waals surface area contributed by atoms with Crippen molar-refractivity contribution < 1.29 is 27.5 Å². The van der Waals surface area contributed by atoms with Gasteiger partial charge in [0, 0.05) is 23.7 Å². The molecule has 0 aliphatic rings. The van der Waals surface area contributed by atoms with Crippen LogP contribution in [0.25, 0.3) is 0 Å². The fraction of sp³-hybridized carbons (Fsp3) is 0.440. The first kappa shape index (κ1) is 29.3. The van der Waals surface area contributed by atoms with Crippen LogP contribution in [-0.4, -0.2) is 64.2 Å². The van der Waals surface area contributed by atoms with Crippen molar-refractivity contribution in [2.24, 2.45) is 0 Å². The molecule has 2 aromatic carbocycles. The third-order valence-electron chi connectivity index (χ3n) is 5.74. The van der Waals surface area contributed by atoms with Crippen LogP contribution in [0.2, 0.25) is 5.02 Å². The van der Waals surface area contributed by atoms with Gasteiger partial charge in [-0.3, -0.25) is 13.9 Å². The minimum absolute atomic E-state index is 0.0675. The predicted molar refractivity (Wildman–Crippen MR) is 141 cm³/mol. The highest BCUT2D eigenvalue weighted by Gasteiger charge is 2.30. The summed E-state index contributed by atoms with van der Waals surface area (Å²) in [6.45, 7) is 4.98. The van der Waals surface area contributed by atoms with E-state index in [1.54, 1.807) is 37.3 Å². The minimum Gasteiger partial charge on any atom is -0.493 e. The molecule has 36 heavy (non-hydrogen) atoms. The molecule has 1 N–H and O–H groups in total. The zero-order valence-corrected chi connectivity index (χ0v) is 23.0. The molecule has 0 heterocycles. The Morgan fingerprint density at radius 3 is 2.28 bits per heavy atom. The first-order chi connectivity index (χ1) is 16.9. The number of rotatable bonds is 12. The highest BCUT2D eigenvalue weighted by atomic mass is 35.5. The van der Waals surface area contributed by atoms with Gasteiger partial charge in [0.25, 0.3) is 0 Å². The van der Waals surface area contributed by atoms with Crippen molar-refractivity contribution >= 4 is 39.1 Å². The van der Waals surface area contributed by atoms with Crippen LogP contribution in [0, 0.1) is 0 Å². The molecule has 2 aromatic rings. The summed E-state index contributed by atoms with van der Waals surface area (Å²) in [6, 6.07) is 10.6. The Morgan fingerprint density at radius 2 is 1.72 bits per heavy atom. The van der Waals surface area contributed by atoms with Crippen molar-refractivity contribution in [2.75, 3.05) is 31.3 Å². The first-order valence-electron chi connectivity index (χ1n) is 11.4. The van der Waals surface area contributed by atoms with Gasteiger partial charge >= 0.3 is 0 Å². The number of hydrogen-bond donors (Lipinski definition) is 1. The smallest absolute Gasteiger partial charge is 0.244 e. The summed E-state index contributed by atoms with van der Waals surface area (Å²) in [5.41, 5.74) is 0.930. The molecule has 11 heteroatoms. The Bertz CT molecular complexity index is 1170. The van der Waals surface area contributed by atoms with Gasteiger partial charge in [-0.05, 0) is 50.1 Å². The van der Waals surface area contributed by atoms with Gasteiger partial charge in [0.05, 0.1) is 26.2 Å². The second kappa shape index (κ2) is 12.8. The average molecular weight is 540 g/mol. The lowest BCUT2D eigenvalue weighted by Gasteiger charge is -2.32. The monoisotopic (exact) mass is 539 g/mol. The molecule has 0 aliphatic carbocycles. The number of anilines is 1. The van der Waals surface area contributed by atoms with E-state index in [2.05, 4.69) is 5.32 Å². The fourth-order valence-corrected chi connectivity index (χ4v) is 4.53. The number of carbonyl (C=O) groups is 2. The van der Waals surface area contributed by atoms with Gasteiger partial charge in [-0.2, -0.15) is 0 Å². The fourth-order valence-electron chi connectivity index (χ4n) is 3.47. The highest BCUT2D eigenvalue weighted by molar-refractivity contribution is 7.92. The molecule has 2 unspecified atom stereocenters. The zero-order valence-electron chi connectivity index (χ0n) is 21.4. The van der Waals surface area contributed by atoms with Crippen molar-refractivity contribution in [3.05, 3.63) is 53.1 Å². The molecule has 2 atom stereocenters. The number of methoxy groups -OCH3 is 2. The second-order valence-corrected chi connectivity index (χ2v) is 10.8. The SMILES string of the molecule is CCC(C)NC(=O)C(C)N(Cc1cccc(Cl)c1)C(=O)CN(c1ccc(OC)c(OC)c1)S(C)(=O)=O. The Morgan fingerprint density at radius 1 is 1.06 bits per heavy atom. The van der Waals surface area contributed by atoms with Crippen molar-refractivity contribution in [1.29, 1.82) is 0 Å². The molecule has 0 bridgehead atoms. The summed E-state index contributed by atoms with van der Waals surface area (Å²) < 4.78 is 36.9. The number of benzene rings is 2. The molecule has 198 valence electrons. The largest absolute Gasteiger partial charge is 0.493 e. The minimum atomic E-state index is -3.87. The Labute approximate surface area is 218 Å². The molecule has 0 saturated carbocycles. The van der Waals surface area contributed by atoms with E-state index in [0.717, 1.165) is 17.0 Å². The lowest BCUT2D eigenvalue weighted by Crippen LogP contribution is -2.52. The van der Waals surface area contributed by atoms with Gasteiger partial charge in [0.1, 0.15) is 12.6 Å². The third kappa shape index (κ3) is 7.76. The number of hydrogen-bond acceptors (Lipinski definition) is 6. The quantitative estimate of drug-likeness (QED) is 0.443. The van der Waals surface area contributed by atoms with Gasteiger partial charge in [-0.25, -0.2) is 8.42 Å². The molecule has 0 radical (unpaired) electrons. The van der Waals surface area contributed by atoms with Crippen LogP contribution in [-0.2, 0) is 26.2 Å². The maximum Gasteiger partial charge on any atom is 0.244 e. The van der Waals surface area contributed by atoms with E-state index in [4.69, 9.17) is 21.1 Å². The summed E-state index contributed by atoms with van der Waals surface area (Å²) in [4.78, 5) is 27.9. The van der Waals surface area contributed by atoms with E-state index < -0.39 is 28.5 Å². The van der Waals surface area contributed by atoms with E-state index in [9.17, 15) is 18.0 Å². The molecule has 2 rings (SSSR count). The van der Waals surface area contributed by atoms with Crippen molar-refractivity contribution in [1.82, 2.24) is 10.2 Å². The normalized spacial score (nSPS) is 12.9. The lowest BCUT2D eigenvalue weighted by atomic mass is 10.1. The molecule has 0 aliphatic heterocycles. The third-order valence-corrected chi connectivity index (χ3v) is 7.12. The second-order valence-electron chi connectivity index (χ2n) is 8.45. The number of halogens is 1. The van der Waals surface area contributed by atoms with E-state index in [1.165, 1.54) is 31.3 Å². The van der Waals surface area contributed by atoms with Crippen molar-refractivity contribution in [3.8, 4) is 11.5 Å². The molecule has 0 aromatic heterocycles. The van der Waals surface area contributed by atoms with Gasteiger partial charge in [0.2, 0.25) is 21.8 Å². The van der Waals surface area contributed by atoms with E-state index in [-0.39, 0.29) is 24.2 Å². The van der Waals surface area contributed by atoms with Crippen LogP contribution in [0.5, 0.6) is 11.5 Å². The van der Waals surface area contributed by atoms with Gasteiger partial charge in [-0.1, -0.05) is 30.7 Å². The summed E-state index contributed by atoms with van der Waals surface area (Å²) in [6.07, 6.45) is 1.74. The summed E-state index contributed by atoms with van der Waals surface area (Å²) >= 11 is 6.12. The number of amides is 2. The van der Waals surface area contributed by atoms with Gasteiger partial charge in [0.15, 0.2) is 11.5 Å². The molecule has 0 fully saturated rings. The van der Waals surface area contributed by atoms with Crippen LogP contribution < -0.4 is 19.1 Å². The summed E-state index contributed by atoms with van der Waals surface area (Å²) in [7, 11) is -0.972. The molecule has 2 amide bonds. The van der Waals surface area contributed by atoms with Crippen molar-refractivity contribution in [3.63, 3.8) is 0 Å². The first-order valence-corrected chi connectivity index (χ1v) is 13.7. The number of sulfonamides is 1. The molecule has 0 saturated heterocycles. The Balaban J connectivity index is 2.44.